The molecule has 4 aromatic carbocycles. The van der Waals surface area contributed by atoms with E-state index in [1.807, 2.05) is 84.9 Å². The van der Waals surface area contributed by atoms with Crippen LogP contribution in [0.2, 0.25) is 5.02 Å². The van der Waals surface area contributed by atoms with Crippen molar-refractivity contribution in [2.45, 2.75) is 0 Å². The van der Waals surface area contributed by atoms with Gasteiger partial charge in [-0.05, 0) is 17.7 Å². The zero-order valence-electron chi connectivity index (χ0n) is 17.5. The van der Waals surface area contributed by atoms with Crippen molar-refractivity contribution < 1.29 is 0 Å². The lowest BCUT2D eigenvalue weighted by Crippen LogP contribution is -2.00. The molecule has 0 aliphatic rings. The van der Waals surface area contributed by atoms with E-state index in [1.54, 1.807) is 18.2 Å². The number of halogens is 1. The maximum absolute atomic E-state index is 9.48. The molecule has 4 nitrogen and oxygen atoms in total. The van der Waals surface area contributed by atoms with Crippen LogP contribution >= 0.6 is 11.6 Å². The summed E-state index contributed by atoms with van der Waals surface area (Å²) >= 11 is 6.39. The van der Waals surface area contributed by atoms with Crippen LogP contribution in [0.15, 0.2) is 103 Å². The normalized spacial score (nSPS) is 10.5. The molecule has 0 N–H and O–H groups in total. The highest BCUT2D eigenvalue weighted by Crippen LogP contribution is 2.32. The standard InChI is InChI=1S/C28H17ClN4/c29-24-13-7-12-23(18-30)25(24)19-14-16-22(17-15-19)28-32-26(20-8-3-1-4-9-20)31-27(33-28)21-10-5-2-6-11-21/h1-17H. The Kier molecular flexibility index (Phi) is 5.63. The van der Waals surface area contributed by atoms with E-state index in [0.717, 1.165) is 27.8 Å². The van der Waals surface area contributed by atoms with Crippen molar-refractivity contribution >= 4 is 11.6 Å². The lowest BCUT2D eigenvalue weighted by Gasteiger charge is -2.10. The minimum atomic E-state index is 0.535. The van der Waals surface area contributed by atoms with Gasteiger partial charge in [0, 0.05) is 27.3 Å². The van der Waals surface area contributed by atoms with Gasteiger partial charge < -0.3 is 0 Å². The molecule has 5 aromatic rings. The molecule has 156 valence electrons. The monoisotopic (exact) mass is 444 g/mol. The highest BCUT2D eigenvalue weighted by atomic mass is 35.5. The fraction of sp³-hybridized carbons (Fsp3) is 0. The quantitative estimate of drug-likeness (QED) is 0.297. The van der Waals surface area contributed by atoms with Gasteiger partial charge in [0.2, 0.25) is 0 Å². The number of hydrogen-bond donors (Lipinski definition) is 0. The molecule has 0 radical (unpaired) electrons. The lowest BCUT2D eigenvalue weighted by atomic mass is 9.99. The summed E-state index contributed by atoms with van der Waals surface area (Å²) in [6, 6.07) is 35.0. The van der Waals surface area contributed by atoms with Gasteiger partial charge in [0.1, 0.15) is 0 Å². The van der Waals surface area contributed by atoms with Gasteiger partial charge in [0.25, 0.3) is 0 Å². The van der Waals surface area contributed by atoms with Crippen LogP contribution < -0.4 is 0 Å². The molecule has 33 heavy (non-hydrogen) atoms. The van der Waals surface area contributed by atoms with E-state index in [9.17, 15) is 5.26 Å². The SMILES string of the molecule is N#Cc1cccc(Cl)c1-c1ccc(-c2nc(-c3ccccc3)nc(-c3ccccc3)n2)cc1. The van der Waals surface area contributed by atoms with Crippen LogP contribution in [-0.4, -0.2) is 15.0 Å². The summed E-state index contributed by atoms with van der Waals surface area (Å²) in [7, 11) is 0. The second-order valence-electron chi connectivity index (χ2n) is 7.39. The van der Waals surface area contributed by atoms with E-state index < -0.39 is 0 Å². The van der Waals surface area contributed by atoms with Crippen LogP contribution in [0.5, 0.6) is 0 Å². The van der Waals surface area contributed by atoms with Crippen molar-refractivity contribution in [3.05, 3.63) is 114 Å². The van der Waals surface area contributed by atoms with E-state index in [-0.39, 0.29) is 0 Å². The number of hydrogen-bond acceptors (Lipinski definition) is 4. The molecule has 0 spiro atoms. The van der Waals surface area contributed by atoms with Crippen LogP contribution in [0.25, 0.3) is 45.3 Å². The van der Waals surface area contributed by atoms with Gasteiger partial charge in [-0.3, -0.25) is 0 Å². The molecule has 1 aromatic heterocycles. The Morgan fingerprint density at radius 1 is 0.515 bits per heavy atom. The van der Waals surface area contributed by atoms with Crippen molar-refractivity contribution in [1.82, 2.24) is 15.0 Å². The molecule has 0 unspecified atom stereocenters. The molecule has 0 atom stereocenters. The molecular formula is C28H17ClN4. The number of aromatic nitrogens is 3. The summed E-state index contributed by atoms with van der Waals surface area (Å²) in [6.07, 6.45) is 0. The van der Waals surface area contributed by atoms with Gasteiger partial charge in [-0.15, -0.1) is 0 Å². The zero-order valence-corrected chi connectivity index (χ0v) is 18.2. The largest absolute Gasteiger partial charge is 0.208 e. The average Bonchev–Trinajstić information content (AvgIpc) is 2.89. The first-order valence-corrected chi connectivity index (χ1v) is 10.8. The van der Waals surface area contributed by atoms with Crippen molar-refractivity contribution in [3.8, 4) is 51.4 Å². The van der Waals surface area contributed by atoms with Crippen LogP contribution in [0.4, 0.5) is 0 Å². The summed E-state index contributed by atoms with van der Waals surface area (Å²) in [5.74, 6) is 1.80. The van der Waals surface area contributed by atoms with Crippen LogP contribution in [0, 0.1) is 11.3 Å². The van der Waals surface area contributed by atoms with E-state index in [4.69, 9.17) is 26.6 Å². The molecule has 0 aliphatic heterocycles. The third-order valence-corrected chi connectivity index (χ3v) is 5.58. The first kappa shape index (κ1) is 20.6. The zero-order chi connectivity index (χ0) is 22.6. The third-order valence-electron chi connectivity index (χ3n) is 5.27. The predicted octanol–water partition coefficient (Wildman–Crippen LogP) is 7.06. The number of nitriles is 1. The minimum Gasteiger partial charge on any atom is -0.208 e. The Morgan fingerprint density at radius 3 is 1.45 bits per heavy atom. The van der Waals surface area contributed by atoms with Crippen LogP contribution in [0.3, 0.4) is 0 Å². The summed E-state index contributed by atoms with van der Waals surface area (Å²) in [4.78, 5) is 14.2. The summed E-state index contributed by atoms with van der Waals surface area (Å²) < 4.78 is 0. The topological polar surface area (TPSA) is 62.5 Å². The minimum absolute atomic E-state index is 0.535. The van der Waals surface area contributed by atoms with Crippen molar-refractivity contribution in [2.75, 3.05) is 0 Å². The van der Waals surface area contributed by atoms with Gasteiger partial charge in [0.05, 0.1) is 11.6 Å². The first-order chi connectivity index (χ1) is 16.2. The molecule has 0 saturated carbocycles. The predicted molar refractivity (Wildman–Crippen MR) is 131 cm³/mol. The molecule has 1 heterocycles. The first-order valence-electron chi connectivity index (χ1n) is 10.4. The summed E-state index contributed by atoms with van der Waals surface area (Å²) in [6.45, 7) is 0. The summed E-state index contributed by atoms with van der Waals surface area (Å²) in [5, 5.41) is 10.0. The fourth-order valence-electron chi connectivity index (χ4n) is 3.63. The van der Waals surface area contributed by atoms with Gasteiger partial charge in [-0.1, -0.05) is 103 Å². The maximum atomic E-state index is 9.48. The molecule has 5 rings (SSSR count). The molecule has 0 aliphatic carbocycles. The molecule has 0 saturated heterocycles. The van der Waals surface area contributed by atoms with Gasteiger partial charge in [0.15, 0.2) is 17.5 Å². The Morgan fingerprint density at radius 2 is 0.970 bits per heavy atom. The number of rotatable bonds is 4. The second kappa shape index (κ2) is 9.04. The number of nitrogens with zero attached hydrogens (tertiary/aromatic N) is 4. The highest BCUT2D eigenvalue weighted by molar-refractivity contribution is 6.33. The molecular weight excluding hydrogens is 428 g/mol. The molecule has 0 amide bonds. The van der Waals surface area contributed by atoms with Crippen molar-refractivity contribution in [2.24, 2.45) is 0 Å². The van der Waals surface area contributed by atoms with Crippen LogP contribution in [0.1, 0.15) is 5.56 Å². The summed E-state index contributed by atoms with van der Waals surface area (Å²) in [5.41, 5.74) is 4.81. The van der Waals surface area contributed by atoms with Gasteiger partial charge in [-0.2, -0.15) is 5.26 Å². The highest BCUT2D eigenvalue weighted by Gasteiger charge is 2.13. The van der Waals surface area contributed by atoms with E-state index in [1.165, 1.54) is 0 Å². The fourth-order valence-corrected chi connectivity index (χ4v) is 3.92. The van der Waals surface area contributed by atoms with Gasteiger partial charge in [-0.25, -0.2) is 15.0 Å². The Bertz CT molecular complexity index is 1400. The molecule has 5 heteroatoms. The average molecular weight is 445 g/mol. The van der Waals surface area contributed by atoms with E-state index >= 15 is 0 Å². The Balaban J connectivity index is 1.62. The second-order valence-corrected chi connectivity index (χ2v) is 7.80. The maximum Gasteiger partial charge on any atom is 0.164 e. The van der Waals surface area contributed by atoms with Crippen LogP contribution in [-0.2, 0) is 0 Å². The van der Waals surface area contributed by atoms with E-state index in [0.29, 0.717) is 28.1 Å². The van der Waals surface area contributed by atoms with E-state index in [2.05, 4.69) is 6.07 Å². The smallest absolute Gasteiger partial charge is 0.164 e. The van der Waals surface area contributed by atoms with Gasteiger partial charge >= 0.3 is 0 Å². The molecule has 0 bridgehead atoms. The lowest BCUT2D eigenvalue weighted by molar-refractivity contribution is 1.07. The Labute approximate surface area is 196 Å². The van der Waals surface area contributed by atoms with Crippen molar-refractivity contribution in [3.63, 3.8) is 0 Å². The van der Waals surface area contributed by atoms with Crippen molar-refractivity contribution in [1.29, 1.82) is 5.26 Å². The Hall–Kier alpha value is -4.33. The third kappa shape index (κ3) is 4.23. The number of benzene rings is 4. The molecule has 0 fully saturated rings.